The van der Waals surface area contributed by atoms with Gasteiger partial charge in [0.1, 0.15) is 0 Å². The fourth-order valence-electron chi connectivity index (χ4n) is 2.04. The number of carbonyl (C=O) groups is 2. The summed E-state index contributed by atoms with van der Waals surface area (Å²) in [6.07, 6.45) is 2.66. The molecule has 0 spiro atoms. The van der Waals surface area contributed by atoms with Crippen molar-refractivity contribution in [3.05, 3.63) is 59.7 Å². The van der Waals surface area contributed by atoms with E-state index in [-0.39, 0.29) is 5.91 Å². The number of methoxy groups -OCH3 is 1. The summed E-state index contributed by atoms with van der Waals surface area (Å²) < 4.78 is 4.64. The molecule has 0 aliphatic rings. The molecule has 0 aromatic heterocycles. The van der Waals surface area contributed by atoms with Crippen LogP contribution in [0.5, 0.6) is 0 Å². The van der Waals surface area contributed by atoms with Crippen LogP contribution in [0, 0.1) is 0 Å². The number of para-hydroxylation sites is 1. The van der Waals surface area contributed by atoms with Gasteiger partial charge in [-0.1, -0.05) is 29.4 Å². The van der Waals surface area contributed by atoms with Crippen molar-refractivity contribution in [2.45, 2.75) is 17.9 Å². The third kappa shape index (κ3) is 5.35. The molecule has 0 aliphatic carbocycles. The van der Waals surface area contributed by atoms with E-state index in [1.54, 1.807) is 43.0 Å². The summed E-state index contributed by atoms with van der Waals surface area (Å²) in [6, 6.07) is 14.2. The average Bonchev–Trinajstić information content (AvgIpc) is 2.68. The van der Waals surface area contributed by atoms with Gasteiger partial charge in [-0.3, -0.25) is 4.79 Å². The summed E-state index contributed by atoms with van der Waals surface area (Å²) in [5.74, 6) is -0.690. The Morgan fingerprint density at radius 1 is 1.15 bits per heavy atom. The summed E-state index contributed by atoms with van der Waals surface area (Å²) in [4.78, 5) is 29.8. The zero-order valence-corrected chi connectivity index (χ0v) is 15.6. The topological polar surface area (TPSA) is 77.0 Å². The van der Waals surface area contributed by atoms with E-state index < -0.39 is 12.1 Å². The normalized spacial score (nSPS) is 11.8. The molecule has 26 heavy (non-hydrogen) atoms. The van der Waals surface area contributed by atoms with Gasteiger partial charge in [-0.25, -0.2) is 4.79 Å². The van der Waals surface area contributed by atoms with Gasteiger partial charge in [-0.2, -0.15) is 0 Å². The molecular formula is C19H20N2O4S. The number of nitrogens with zero attached hydrogens (tertiary/aromatic N) is 1. The Morgan fingerprint density at radius 2 is 1.85 bits per heavy atom. The van der Waals surface area contributed by atoms with E-state index in [2.05, 4.69) is 15.2 Å². The zero-order valence-electron chi connectivity index (χ0n) is 14.8. The number of benzene rings is 2. The molecule has 0 saturated heterocycles. The number of thioether (sulfide) groups is 1. The smallest absolute Gasteiger partial charge is 0.337 e. The maximum Gasteiger partial charge on any atom is 0.337 e. The second-order valence-electron chi connectivity index (χ2n) is 5.29. The highest BCUT2D eigenvalue weighted by molar-refractivity contribution is 7.98. The molecule has 1 unspecified atom stereocenters. The Labute approximate surface area is 156 Å². The summed E-state index contributed by atoms with van der Waals surface area (Å²) in [7, 11) is 1.33. The monoisotopic (exact) mass is 372 g/mol. The first-order valence-electron chi connectivity index (χ1n) is 7.86. The van der Waals surface area contributed by atoms with E-state index in [0.717, 1.165) is 16.1 Å². The number of carbonyl (C=O) groups excluding carboxylic acids is 2. The van der Waals surface area contributed by atoms with Crippen LogP contribution in [-0.2, 0) is 14.4 Å². The molecule has 7 heteroatoms. The lowest BCUT2D eigenvalue weighted by Gasteiger charge is -2.12. The number of hydrogen-bond acceptors (Lipinski definition) is 6. The van der Waals surface area contributed by atoms with Gasteiger partial charge in [-0.15, -0.1) is 11.8 Å². The van der Waals surface area contributed by atoms with Crippen molar-refractivity contribution in [2.24, 2.45) is 5.16 Å². The summed E-state index contributed by atoms with van der Waals surface area (Å²) in [5.41, 5.74) is 1.92. The Bertz CT molecular complexity index is 790. The minimum Gasteiger partial charge on any atom is -0.465 e. The fourth-order valence-corrected chi connectivity index (χ4v) is 2.59. The second-order valence-corrected chi connectivity index (χ2v) is 6.13. The quantitative estimate of drug-likeness (QED) is 0.348. The van der Waals surface area contributed by atoms with Crippen LogP contribution in [-0.4, -0.2) is 37.6 Å². The SMILES string of the molecule is COC(=O)c1ccc(C=NOC(C)C(=O)Nc2ccccc2SC)cc1. The first-order valence-corrected chi connectivity index (χ1v) is 9.09. The van der Waals surface area contributed by atoms with Crippen LogP contribution in [0.25, 0.3) is 0 Å². The second kappa shape index (κ2) is 9.62. The van der Waals surface area contributed by atoms with Crippen LogP contribution in [0.1, 0.15) is 22.8 Å². The molecular weight excluding hydrogens is 352 g/mol. The highest BCUT2D eigenvalue weighted by Crippen LogP contribution is 2.24. The summed E-state index contributed by atoms with van der Waals surface area (Å²) >= 11 is 1.55. The van der Waals surface area contributed by atoms with Gasteiger partial charge in [0.2, 0.25) is 6.10 Å². The molecule has 6 nitrogen and oxygen atoms in total. The van der Waals surface area contributed by atoms with Crippen LogP contribution in [0.2, 0.25) is 0 Å². The van der Waals surface area contributed by atoms with Crippen LogP contribution in [0.3, 0.4) is 0 Å². The van der Waals surface area contributed by atoms with E-state index in [4.69, 9.17) is 4.84 Å². The molecule has 136 valence electrons. The lowest BCUT2D eigenvalue weighted by atomic mass is 10.1. The standard InChI is InChI=1S/C19H20N2O4S/c1-13(18(22)21-16-6-4-5-7-17(16)26-3)25-20-12-14-8-10-15(11-9-14)19(23)24-2/h4-13H,1-3H3,(H,21,22). The Morgan fingerprint density at radius 3 is 2.50 bits per heavy atom. The number of hydrogen-bond donors (Lipinski definition) is 1. The van der Waals surface area contributed by atoms with Crippen molar-refractivity contribution in [1.82, 2.24) is 0 Å². The third-order valence-electron chi connectivity index (χ3n) is 3.49. The van der Waals surface area contributed by atoms with E-state index in [9.17, 15) is 9.59 Å². The van der Waals surface area contributed by atoms with E-state index >= 15 is 0 Å². The number of anilines is 1. The molecule has 1 atom stereocenters. The van der Waals surface area contributed by atoms with Gasteiger partial charge in [0, 0.05) is 4.90 Å². The molecule has 0 fully saturated rings. The van der Waals surface area contributed by atoms with E-state index in [1.165, 1.54) is 13.3 Å². The van der Waals surface area contributed by atoms with E-state index in [1.807, 2.05) is 30.5 Å². The van der Waals surface area contributed by atoms with Crippen LogP contribution >= 0.6 is 11.8 Å². The van der Waals surface area contributed by atoms with Gasteiger partial charge in [-0.05, 0) is 43.0 Å². The zero-order chi connectivity index (χ0) is 18.9. The first kappa shape index (κ1) is 19.5. The number of oxime groups is 1. The number of ether oxygens (including phenoxy) is 1. The van der Waals surface area contributed by atoms with Crippen molar-refractivity contribution in [1.29, 1.82) is 0 Å². The minimum atomic E-state index is -0.754. The van der Waals surface area contributed by atoms with Crippen LogP contribution < -0.4 is 5.32 Å². The van der Waals surface area contributed by atoms with Gasteiger partial charge in [0.05, 0.1) is 24.6 Å². The average molecular weight is 372 g/mol. The van der Waals surface area contributed by atoms with Crippen molar-refractivity contribution in [2.75, 3.05) is 18.7 Å². The molecule has 0 bridgehead atoms. The van der Waals surface area contributed by atoms with Gasteiger partial charge in [0.15, 0.2) is 0 Å². The molecule has 1 amide bonds. The van der Waals surface area contributed by atoms with Gasteiger partial charge < -0.3 is 14.9 Å². The fraction of sp³-hybridized carbons (Fsp3) is 0.211. The predicted molar refractivity (Wildman–Crippen MR) is 103 cm³/mol. The van der Waals surface area contributed by atoms with Crippen molar-refractivity contribution in [3.63, 3.8) is 0 Å². The maximum absolute atomic E-state index is 12.2. The summed E-state index contributed by atoms with van der Waals surface area (Å²) in [6.45, 7) is 1.62. The Kier molecular flexibility index (Phi) is 7.23. The first-order chi connectivity index (χ1) is 12.5. The van der Waals surface area contributed by atoms with Crippen molar-refractivity contribution in [3.8, 4) is 0 Å². The maximum atomic E-state index is 12.2. The molecule has 0 heterocycles. The molecule has 0 radical (unpaired) electrons. The van der Waals surface area contributed by atoms with Crippen molar-refractivity contribution < 1.29 is 19.2 Å². The lowest BCUT2D eigenvalue weighted by molar-refractivity contribution is -0.126. The third-order valence-corrected chi connectivity index (χ3v) is 4.28. The molecule has 0 aliphatic heterocycles. The lowest BCUT2D eigenvalue weighted by Crippen LogP contribution is -2.26. The Hall–Kier alpha value is -2.80. The number of rotatable bonds is 7. The molecule has 0 saturated carbocycles. The van der Waals surface area contributed by atoms with Crippen molar-refractivity contribution >= 4 is 35.5 Å². The number of esters is 1. The largest absolute Gasteiger partial charge is 0.465 e. The van der Waals surface area contributed by atoms with Crippen LogP contribution in [0.4, 0.5) is 5.69 Å². The minimum absolute atomic E-state index is 0.287. The summed E-state index contributed by atoms with van der Waals surface area (Å²) in [5, 5.41) is 6.66. The number of amides is 1. The van der Waals surface area contributed by atoms with Gasteiger partial charge in [0.25, 0.3) is 5.91 Å². The molecule has 2 rings (SSSR count). The Balaban J connectivity index is 1.90. The van der Waals surface area contributed by atoms with Gasteiger partial charge >= 0.3 is 5.97 Å². The molecule has 1 N–H and O–H groups in total. The molecule has 2 aromatic rings. The van der Waals surface area contributed by atoms with Crippen LogP contribution in [0.15, 0.2) is 58.6 Å². The highest BCUT2D eigenvalue weighted by Gasteiger charge is 2.15. The molecule has 2 aromatic carbocycles. The highest BCUT2D eigenvalue weighted by atomic mass is 32.2. The van der Waals surface area contributed by atoms with E-state index in [0.29, 0.717) is 5.56 Å². The number of nitrogens with one attached hydrogen (secondary N) is 1. The predicted octanol–water partition coefficient (Wildman–Crippen LogP) is 3.57.